The molecule has 0 amide bonds. The summed E-state index contributed by atoms with van der Waals surface area (Å²) in [6, 6.07) is 6.87. The van der Waals surface area contributed by atoms with E-state index in [0.717, 1.165) is 38.4 Å². The van der Waals surface area contributed by atoms with E-state index < -0.39 is 0 Å². The number of rotatable bonds is 8. The molecular formula is C17H29N3O. The second kappa shape index (κ2) is 9.13. The van der Waals surface area contributed by atoms with Crippen molar-refractivity contribution in [3.05, 3.63) is 30.1 Å². The molecule has 0 atom stereocenters. The van der Waals surface area contributed by atoms with Crippen LogP contribution in [0.25, 0.3) is 0 Å². The molecule has 1 aromatic rings. The molecule has 1 aromatic heterocycles. The summed E-state index contributed by atoms with van der Waals surface area (Å²) < 4.78 is 0. The first kappa shape index (κ1) is 16.4. The summed E-state index contributed by atoms with van der Waals surface area (Å²) in [6.45, 7) is 4.95. The summed E-state index contributed by atoms with van der Waals surface area (Å²) in [5.74, 6) is 0. The lowest BCUT2D eigenvalue weighted by atomic mass is 10.0. The predicted octanol–water partition coefficient (Wildman–Crippen LogP) is 1.79. The van der Waals surface area contributed by atoms with Crippen LogP contribution in [0.1, 0.15) is 31.4 Å². The Balaban J connectivity index is 1.63. The molecule has 0 bridgehead atoms. The van der Waals surface area contributed by atoms with Gasteiger partial charge in [0.25, 0.3) is 0 Å². The lowest BCUT2D eigenvalue weighted by Crippen LogP contribution is -2.44. The normalized spacial score (nSPS) is 17.5. The molecule has 2 heterocycles. The topological polar surface area (TPSA) is 39.6 Å². The first-order chi connectivity index (χ1) is 10.3. The van der Waals surface area contributed by atoms with E-state index in [4.69, 9.17) is 5.11 Å². The molecule has 0 radical (unpaired) electrons. The van der Waals surface area contributed by atoms with Crippen molar-refractivity contribution in [2.75, 3.05) is 39.8 Å². The third kappa shape index (κ3) is 5.73. The molecule has 0 aromatic carbocycles. The second-order valence-corrected chi connectivity index (χ2v) is 6.06. The van der Waals surface area contributed by atoms with Crippen LogP contribution in [0.15, 0.2) is 24.4 Å². The Morgan fingerprint density at radius 1 is 1.29 bits per heavy atom. The van der Waals surface area contributed by atoms with Crippen LogP contribution in [-0.4, -0.2) is 65.8 Å². The number of hydrogen-bond donors (Lipinski definition) is 1. The molecular weight excluding hydrogens is 262 g/mol. The molecule has 1 N–H and O–H groups in total. The van der Waals surface area contributed by atoms with Gasteiger partial charge in [0, 0.05) is 37.5 Å². The van der Waals surface area contributed by atoms with Crippen LogP contribution in [0, 0.1) is 0 Å². The second-order valence-electron chi connectivity index (χ2n) is 6.06. The third-order valence-electron chi connectivity index (χ3n) is 4.51. The minimum atomic E-state index is 0.319. The number of likely N-dealkylation sites (tertiary alicyclic amines) is 1. The van der Waals surface area contributed by atoms with E-state index in [9.17, 15) is 0 Å². The Labute approximate surface area is 128 Å². The molecule has 0 spiro atoms. The zero-order chi connectivity index (χ0) is 14.9. The Bertz CT molecular complexity index is 377. The number of unbranched alkanes of at least 4 members (excludes halogenated alkanes) is 1. The van der Waals surface area contributed by atoms with Crippen LogP contribution in [0.3, 0.4) is 0 Å². The van der Waals surface area contributed by atoms with Crippen molar-refractivity contribution < 1.29 is 5.11 Å². The fourth-order valence-corrected chi connectivity index (χ4v) is 3.06. The van der Waals surface area contributed by atoms with Crippen LogP contribution in [0.5, 0.6) is 0 Å². The molecule has 1 aliphatic rings. The molecule has 118 valence electrons. The van der Waals surface area contributed by atoms with Gasteiger partial charge in [-0.1, -0.05) is 6.07 Å². The summed E-state index contributed by atoms with van der Waals surface area (Å²) in [5, 5.41) is 8.85. The number of piperidine rings is 1. The van der Waals surface area contributed by atoms with Gasteiger partial charge in [-0.2, -0.15) is 0 Å². The summed E-state index contributed by atoms with van der Waals surface area (Å²) in [6.07, 6.45) is 7.48. The van der Waals surface area contributed by atoms with Gasteiger partial charge in [0.2, 0.25) is 0 Å². The Hall–Kier alpha value is -0.970. The number of aliphatic hydroxyl groups is 1. The van der Waals surface area contributed by atoms with Crippen LogP contribution in [0.4, 0.5) is 0 Å². The van der Waals surface area contributed by atoms with Gasteiger partial charge in [-0.3, -0.25) is 4.98 Å². The van der Waals surface area contributed by atoms with Crippen molar-refractivity contribution in [1.29, 1.82) is 0 Å². The van der Waals surface area contributed by atoms with Crippen LogP contribution in [-0.2, 0) is 6.42 Å². The van der Waals surface area contributed by atoms with Gasteiger partial charge < -0.3 is 14.9 Å². The zero-order valence-electron chi connectivity index (χ0n) is 13.2. The largest absolute Gasteiger partial charge is 0.396 e. The highest BCUT2D eigenvalue weighted by atomic mass is 16.2. The molecule has 0 aliphatic carbocycles. The number of aromatic nitrogens is 1. The van der Waals surface area contributed by atoms with Crippen molar-refractivity contribution in [1.82, 2.24) is 14.8 Å². The predicted molar refractivity (Wildman–Crippen MR) is 86.4 cm³/mol. The average Bonchev–Trinajstić information content (AvgIpc) is 2.54. The maximum Gasteiger partial charge on any atom is 0.0431 e. The van der Waals surface area contributed by atoms with Gasteiger partial charge in [0.05, 0.1) is 0 Å². The van der Waals surface area contributed by atoms with E-state index in [2.05, 4.69) is 34.0 Å². The molecule has 1 aliphatic heterocycles. The number of aliphatic hydroxyl groups excluding tert-OH is 1. The van der Waals surface area contributed by atoms with Gasteiger partial charge >= 0.3 is 0 Å². The lowest BCUT2D eigenvalue weighted by molar-refractivity contribution is 0.125. The standard InChI is InChI=1S/C17H29N3O/c1-19(11-4-5-15-21)17-8-13-20(14-9-17)12-7-16-6-2-3-10-18-16/h2-3,6,10,17,21H,4-5,7-9,11-15H2,1H3. The van der Waals surface area contributed by atoms with Crippen LogP contribution in [0.2, 0.25) is 0 Å². The van der Waals surface area contributed by atoms with Gasteiger partial charge in [0.1, 0.15) is 0 Å². The summed E-state index contributed by atoms with van der Waals surface area (Å²) >= 11 is 0. The molecule has 2 rings (SSSR count). The van der Waals surface area contributed by atoms with Crippen molar-refractivity contribution >= 4 is 0 Å². The van der Waals surface area contributed by atoms with E-state index in [1.165, 1.54) is 31.6 Å². The summed E-state index contributed by atoms with van der Waals surface area (Å²) in [7, 11) is 2.23. The fraction of sp³-hybridized carbons (Fsp3) is 0.706. The number of hydrogen-bond acceptors (Lipinski definition) is 4. The van der Waals surface area contributed by atoms with E-state index in [1.54, 1.807) is 0 Å². The number of nitrogens with zero attached hydrogens (tertiary/aromatic N) is 3. The van der Waals surface area contributed by atoms with Crippen LogP contribution >= 0.6 is 0 Å². The monoisotopic (exact) mass is 291 g/mol. The van der Waals surface area contributed by atoms with E-state index in [1.807, 2.05) is 12.3 Å². The third-order valence-corrected chi connectivity index (χ3v) is 4.51. The molecule has 0 saturated carbocycles. The fourth-order valence-electron chi connectivity index (χ4n) is 3.06. The van der Waals surface area contributed by atoms with E-state index in [-0.39, 0.29) is 0 Å². The highest BCUT2D eigenvalue weighted by Crippen LogP contribution is 2.16. The highest BCUT2D eigenvalue weighted by Gasteiger charge is 2.21. The Morgan fingerprint density at radius 3 is 2.76 bits per heavy atom. The number of pyridine rings is 1. The SMILES string of the molecule is CN(CCCCO)C1CCN(CCc2ccccn2)CC1. The van der Waals surface area contributed by atoms with E-state index >= 15 is 0 Å². The van der Waals surface area contributed by atoms with Gasteiger partial charge in [-0.05, 0) is 64.5 Å². The Kier molecular flexibility index (Phi) is 7.13. The van der Waals surface area contributed by atoms with Gasteiger partial charge in [0.15, 0.2) is 0 Å². The smallest absolute Gasteiger partial charge is 0.0431 e. The minimum Gasteiger partial charge on any atom is -0.396 e. The maximum atomic E-state index is 8.85. The van der Waals surface area contributed by atoms with E-state index in [0.29, 0.717) is 6.61 Å². The maximum absolute atomic E-state index is 8.85. The molecule has 1 fully saturated rings. The summed E-state index contributed by atoms with van der Waals surface area (Å²) in [5.41, 5.74) is 1.20. The van der Waals surface area contributed by atoms with Crippen molar-refractivity contribution in [3.63, 3.8) is 0 Å². The quantitative estimate of drug-likeness (QED) is 0.741. The molecule has 21 heavy (non-hydrogen) atoms. The molecule has 1 saturated heterocycles. The molecule has 4 heteroatoms. The first-order valence-corrected chi connectivity index (χ1v) is 8.23. The van der Waals surface area contributed by atoms with Crippen molar-refractivity contribution in [3.8, 4) is 0 Å². The van der Waals surface area contributed by atoms with Crippen molar-refractivity contribution in [2.45, 2.75) is 38.1 Å². The molecule has 0 unspecified atom stereocenters. The van der Waals surface area contributed by atoms with Crippen molar-refractivity contribution in [2.24, 2.45) is 0 Å². The lowest BCUT2D eigenvalue weighted by Gasteiger charge is -2.36. The average molecular weight is 291 g/mol. The van der Waals surface area contributed by atoms with Gasteiger partial charge in [-0.15, -0.1) is 0 Å². The van der Waals surface area contributed by atoms with Gasteiger partial charge in [-0.25, -0.2) is 0 Å². The Morgan fingerprint density at radius 2 is 2.10 bits per heavy atom. The van der Waals surface area contributed by atoms with Crippen LogP contribution < -0.4 is 0 Å². The minimum absolute atomic E-state index is 0.319. The summed E-state index contributed by atoms with van der Waals surface area (Å²) in [4.78, 5) is 9.43. The highest BCUT2D eigenvalue weighted by molar-refractivity contribution is 5.03. The molecule has 4 nitrogen and oxygen atoms in total. The zero-order valence-corrected chi connectivity index (χ0v) is 13.2. The first-order valence-electron chi connectivity index (χ1n) is 8.23.